The average Bonchev–Trinajstić information content (AvgIpc) is 2.47. The van der Waals surface area contributed by atoms with Gasteiger partial charge in [-0.3, -0.25) is 0 Å². The van der Waals surface area contributed by atoms with E-state index in [4.69, 9.17) is 0 Å². The van der Waals surface area contributed by atoms with E-state index >= 15 is 0 Å². The highest BCUT2D eigenvalue weighted by molar-refractivity contribution is 5.72. The summed E-state index contributed by atoms with van der Waals surface area (Å²) in [6, 6.07) is 10.7. The zero-order valence-electron chi connectivity index (χ0n) is 11.6. The van der Waals surface area contributed by atoms with Crippen molar-refractivity contribution in [2.45, 2.75) is 0 Å². The smallest absolute Gasteiger partial charge is 0.159 e. The summed E-state index contributed by atoms with van der Waals surface area (Å²) in [6.07, 6.45) is 1.59. The van der Waals surface area contributed by atoms with Crippen molar-refractivity contribution >= 4 is 12.0 Å². The Morgan fingerprint density at radius 3 is 2.33 bits per heavy atom. The van der Waals surface area contributed by atoms with E-state index in [0.29, 0.717) is 22.4 Å². The number of rotatable bonds is 3. The van der Waals surface area contributed by atoms with Gasteiger partial charge in [-0.2, -0.15) is 5.26 Å². The summed E-state index contributed by atoms with van der Waals surface area (Å²) in [5.41, 5.74) is 2.04. The predicted molar refractivity (Wildman–Crippen MR) is 78.3 cm³/mol. The van der Waals surface area contributed by atoms with Crippen LogP contribution < -0.4 is 0 Å². The maximum atomic E-state index is 13.3. The second-order valence-electron chi connectivity index (χ2n) is 4.68. The Morgan fingerprint density at radius 2 is 1.71 bits per heavy atom. The van der Waals surface area contributed by atoms with Crippen LogP contribution in [0.15, 0.2) is 41.4 Å². The van der Waals surface area contributed by atoms with Crippen LogP contribution in [0.4, 0.5) is 14.5 Å². The molecule has 106 valence electrons. The van der Waals surface area contributed by atoms with Gasteiger partial charge in [0.1, 0.15) is 6.07 Å². The van der Waals surface area contributed by atoms with Gasteiger partial charge in [0.2, 0.25) is 0 Å². The fourth-order valence-electron chi connectivity index (χ4n) is 1.77. The highest BCUT2D eigenvalue weighted by atomic mass is 19.2. The van der Waals surface area contributed by atoms with Gasteiger partial charge >= 0.3 is 0 Å². The molecule has 0 saturated carbocycles. The maximum Gasteiger partial charge on any atom is 0.159 e. The number of hydrogen-bond acceptors (Lipinski definition) is 2. The van der Waals surface area contributed by atoms with Crippen LogP contribution >= 0.6 is 0 Å². The van der Waals surface area contributed by atoms with Crippen molar-refractivity contribution < 1.29 is 8.78 Å². The summed E-state index contributed by atoms with van der Waals surface area (Å²) < 4.78 is 26.2. The minimum atomic E-state index is -0.916. The topological polar surface area (TPSA) is 39.4 Å². The Labute approximate surface area is 121 Å². The lowest BCUT2D eigenvalue weighted by Gasteiger charge is -2.06. The molecule has 2 aromatic carbocycles. The largest absolute Gasteiger partial charge is 0.369 e. The van der Waals surface area contributed by atoms with Gasteiger partial charge in [-0.25, -0.2) is 13.8 Å². The number of nitrogens with zero attached hydrogens (tertiary/aromatic N) is 3. The molecule has 0 aliphatic rings. The Morgan fingerprint density at radius 1 is 1.05 bits per heavy atom. The van der Waals surface area contributed by atoms with Crippen LogP contribution in [-0.4, -0.2) is 25.3 Å². The van der Waals surface area contributed by atoms with E-state index in [1.807, 2.05) is 14.1 Å². The second kappa shape index (κ2) is 6.14. The first-order valence-corrected chi connectivity index (χ1v) is 6.21. The summed E-state index contributed by atoms with van der Waals surface area (Å²) in [5.74, 6) is -1.81. The summed E-state index contributed by atoms with van der Waals surface area (Å²) in [7, 11) is 3.65. The molecule has 0 spiro atoms. The SMILES string of the molecule is CN(C)/C=N\c1ccc(-c2ccc(F)c(F)c2)cc1C#N. The van der Waals surface area contributed by atoms with Crippen molar-refractivity contribution in [3.8, 4) is 17.2 Å². The first-order chi connectivity index (χ1) is 10.0. The fraction of sp³-hybridized carbons (Fsp3) is 0.125. The van der Waals surface area contributed by atoms with Crippen LogP contribution in [0.1, 0.15) is 5.56 Å². The molecular weight excluding hydrogens is 272 g/mol. The molecule has 5 heteroatoms. The standard InChI is InChI=1S/C16H13F2N3/c1-21(2)10-20-16-6-4-11(7-13(16)9-19)12-3-5-14(17)15(18)8-12/h3-8,10H,1-2H3/b20-10-. The summed E-state index contributed by atoms with van der Waals surface area (Å²) in [6.45, 7) is 0. The lowest BCUT2D eigenvalue weighted by atomic mass is 10.0. The highest BCUT2D eigenvalue weighted by Crippen LogP contribution is 2.27. The summed E-state index contributed by atoms with van der Waals surface area (Å²) in [5, 5.41) is 9.18. The van der Waals surface area contributed by atoms with Crippen molar-refractivity contribution in [3.05, 3.63) is 53.6 Å². The molecule has 0 aromatic heterocycles. The van der Waals surface area contributed by atoms with E-state index in [-0.39, 0.29) is 0 Å². The molecule has 0 N–H and O–H groups in total. The third-order valence-electron chi connectivity index (χ3n) is 2.80. The van der Waals surface area contributed by atoms with Gasteiger partial charge in [0.15, 0.2) is 11.6 Å². The first kappa shape index (κ1) is 14.7. The molecule has 0 atom stereocenters. The lowest BCUT2D eigenvalue weighted by Crippen LogP contribution is -2.07. The molecule has 0 aliphatic carbocycles. The third-order valence-corrected chi connectivity index (χ3v) is 2.80. The van der Waals surface area contributed by atoms with Gasteiger partial charge in [0.25, 0.3) is 0 Å². The molecule has 0 fully saturated rings. The molecule has 0 saturated heterocycles. The predicted octanol–water partition coefficient (Wildman–Crippen LogP) is 3.72. The van der Waals surface area contributed by atoms with Crippen LogP contribution in [0.25, 0.3) is 11.1 Å². The van der Waals surface area contributed by atoms with Crippen LogP contribution in [0.3, 0.4) is 0 Å². The minimum absolute atomic E-state index is 0.371. The van der Waals surface area contributed by atoms with Crippen molar-refractivity contribution in [1.29, 1.82) is 5.26 Å². The van der Waals surface area contributed by atoms with E-state index < -0.39 is 11.6 Å². The highest BCUT2D eigenvalue weighted by Gasteiger charge is 2.07. The molecule has 0 aliphatic heterocycles. The van der Waals surface area contributed by atoms with Crippen LogP contribution in [0.2, 0.25) is 0 Å². The molecule has 0 bridgehead atoms. The van der Waals surface area contributed by atoms with E-state index in [1.54, 1.807) is 29.4 Å². The van der Waals surface area contributed by atoms with E-state index in [0.717, 1.165) is 12.1 Å². The van der Waals surface area contributed by atoms with E-state index in [9.17, 15) is 14.0 Å². The molecule has 21 heavy (non-hydrogen) atoms. The van der Waals surface area contributed by atoms with Gasteiger partial charge in [0.05, 0.1) is 17.6 Å². The van der Waals surface area contributed by atoms with Gasteiger partial charge < -0.3 is 4.90 Å². The molecule has 0 radical (unpaired) electrons. The third kappa shape index (κ3) is 3.42. The van der Waals surface area contributed by atoms with Crippen LogP contribution in [0.5, 0.6) is 0 Å². The molecule has 2 rings (SSSR count). The monoisotopic (exact) mass is 285 g/mol. The zero-order chi connectivity index (χ0) is 15.4. The minimum Gasteiger partial charge on any atom is -0.369 e. The Balaban J connectivity index is 2.43. The second-order valence-corrected chi connectivity index (χ2v) is 4.68. The zero-order valence-corrected chi connectivity index (χ0v) is 11.6. The number of benzene rings is 2. The molecule has 0 unspecified atom stereocenters. The number of hydrogen-bond donors (Lipinski definition) is 0. The molecular formula is C16H13F2N3. The normalized spacial score (nSPS) is 10.6. The molecule has 0 heterocycles. The Bertz CT molecular complexity index is 731. The Kier molecular flexibility index (Phi) is 4.29. The molecule has 3 nitrogen and oxygen atoms in total. The number of halogens is 2. The average molecular weight is 285 g/mol. The van der Waals surface area contributed by atoms with Crippen molar-refractivity contribution in [1.82, 2.24) is 4.90 Å². The lowest BCUT2D eigenvalue weighted by molar-refractivity contribution is 0.509. The Hall–Kier alpha value is -2.74. The number of aliphatic imine (C=N–C) groups is 1. The molecule has 2 aromatic rings. The summed E-state index contributed by atoms with van der Waals surface area (Å²) in [4.78, 5) is 5.94. The van der Waals surface area contributed by atoms with Gasteiger partial charge in [-0.05, 0) is 35.4 Å². The van der Waals surface area contributed by atoms with Crippen LogP contribution in [-0.2, 0) is 0 Å². The van der Waals surface area contributed by atoms with Gasteiger partial charge in [0, 0.05) is 14.1 Å². The number of nitriles is 1. The van der Waals surface area contributed by atoms with Crippen LogP contribution in [0, 0.1) is 23.0 Å². The van der Waals surface area contributed by atoms with E-state index in [1.165, 1.54) is 6.07 Å². The molecule has 0 amide bonds. The quantitative estimate of drug-likeness (QED) is 0.637. The van der Waals surface area contributed by atoms with Gasteiger partial charge in [-0.1, -0.05) is 12.1 Å². The van der Waals surface area contributed by atoms with E-state index in [2.05, 4.69) is 11.1 Å². The van der Waals surface area contributed by atoms with Crippen molar-refractivity contribution in [2.24, 2.45) is 4.99 Å². The first-order valence-electron chi connectivity index (χ1n) is 6.21. The fourth-order valence-corrected chi connectivity index (χ4v) is 1.77. The van der Waals surface area contributed by atoms with Crippen molar-refractivity contribution in [2.75, 3.05) is 14.1 Å². The van der Waals surface area contributed by atoms with Crippen molar-refractivity contribution in [3.63, 3.8) is 0 Å². The summed E-state index contributed by atoms with van der Waals surface area (Å²) >= 11 is 0. The van der Waals surface area contributed by atoms with Gasteiger partial charge in [-0.15, -0.1) is 0 Å². The maximum absolute atomic E-state index is 13.3.